The van der Waals surface area contributed by atoms with Gasteiger partial charge in [0.05, 0.1) is 5.69 Å². The van der Waals surface area contributed by atoms with Crippen molar-refractivity contribution in [2.75, 3.05) is 0 Å². The molecule has 4 nitrogen and oxygen atoms in total. The number of hydrogen-bond donors (Lipinski definition) is 2. The molecule has 0 fully saturated rings. The number of nitrogens with zero attached hydrogens (tertiary/aromatic N) is 1. The minimum Gasteiger partial charge on any atom is -0.456 e. The van der Waals surface area contributed by atoms with Crippen molar-refractivity contribution in [1.29, 1.82) is 0 Å². The Hall–Kier alpha value is -2.89. The highest BCUT2D eigenvalue weighted by Gasteiger charge is 2.09. The molecule has 0 aliphatic rings. The number of rotatable bonds is 3. The molecule has 2 N–H and O–H groups in total. The molecule has 4 rings (SSSR count). The van der Waals surface area contributed by atoms with Crippen LogP contribution in [0.25, 0.3) is 22.3 Å². The van der Waals surface area contributed by atoms with E-state index in [1.165, 1.54) is 0 Å². The van der Waals surface area contributed by atoms with Crippen LogP contribution in [0.5, 0.6) is 0 Å². The highest BCUT2D eigenvalue weighted by Crippen LogP contribution is 2.28. The Balaban J connectivity index is 1.74. The van der Waals surface area contributed by atoms with Crippen LogP contribution in [0, 0.1) is 0 Å². The lowest BCUT2D eigenvalue weighted by Crippen LogP contribution is -2.19. The van der Waals surface area contributed by atoms with E-state index in [-0.39, 0.29) is 0 Å². The van der Waals surface area contributed by atoms with E-state index in [4.69, 9.17) is 4.42 Å². The summed E-state index contributed by atoms with van der Waals surface area (Å²) in [7, 11) is 0. The van der Waals surface area contributed by atoms with Gasteiger partial charge in [-0.15, -0.1) is 0 Å². The third-order valence-electron chi connectivity index (χ3n) is 4.00. The van der Waals surface area contributed by atoms with Gasteiger partial charge in [-0.1, -0.05) is 52.3 Å². The summed E-state index contributed by atoms with van der Waals surface area (Å²) in [6.07, 6.45) is 0. The van der Waals surface area contributed by atoms with Crippen molar-refractivity contribution in [2.24, 2.45) is 4.99 Å². The van der Waals surface area contributed by atoms with Crippen LogP contribution < -0.4 is 5.48 Å². The van der Waals surface area contributed by atoms with E-state index < -0.39 is 0 Å². The zero-order valence-corrected chi connectivity index (χ0v) is 15.3. The smallest absolute Gasteiger partial charge is 0.157 e. The molecule has 1 heterocycles. The largest absolute Gasteiger partial charge is 0.456 e. The molecule has 0 amide bonds. The molecule has 1 aromatic heterocycles. The molecular weight excluding hydrogens is 392 g/mol. The van der Waals surface area contributed by atoms with Gasteiger partial charge < -0.3 is 4.42 Å². The van der Waals surface area contributed by atoms with Crippen molar-refractivity contribution in [3.8, 4) is 11.3 Å². The molecule has 0 saturated heterocycles. The Bertz CT molecular complexity index is 1090. The predicted octanol–water partition coefficient (Wildman–Crippen LogP) is 5.92. The number of nitrogens with one attached hydrogen (secondary N) is 1. The van der Waals surface area contributed by atoms with Crippen LogP contribution in [0.3, 0.4) is 0 Å². The van der Waals surface area contributed by atoms with Crippen molar-refractivity contribution in [3.63, 3.8) is 0 Å². The standard InChI is InChI=1S/C21H15BrN2O2/c22-17-7-4-8-18(13-17)23-21(24-25)15-9-10-19-16(11-15)12-20(26-19)14-5-2-1-3-6-14/h1-13,25H,(H,23,24). The molecule has 4 aromatic rings. The van der Waals surface area contributed by atoms with E-state index in [9.17, 15) is 5.21 Å². The van der Waals surface area contributed by atoms with E-state index >= 15 is 0 Å². The van der Waals surface area contributed by atoms with Gasteiger partial charge in [-0.3, -0.25) is 10.7 Å². The predicted molar refractivity (Wildman–Crippen MR) is 107 cm³/mol. The average Bonchev–Trinajstić information content (AvgIpc) is 3.10. The number of hydrogen-bond acceptors (Lipinski definition) is 3. The number of amidine groups is 1. The van der Waals surface area contributed by atoms with E-state index in [2.05, 4.69) is 26.4 Å². The van der Waals surface area contributed by atoms with E-state index in [1.807, 2.05) is 78.9 Å². The molecule has 128 valence electrons. The highest BCUT2D eigenvalue weighted by molar-refractivity contribution is 9.10. The molecular formula is C21H15BrN2O2. The van der Waals surface area contributed by atoms with Gasteiger partial charge in [0.25, 0.3) is 0 Å². The molecule has 0 bridgehead atoms. The van der Waals surface area contributed by atoms with E-state index in [0.29, 0.717) is 5.84 Å². The van der Waals surface area contributed by atoms with Crippen LogP contribution in [-0.4, -0.2) is 11.0 Å². The minimum absolute atomic E-state index is 0.368. The molecule has 0 aliphatic heterocycles. The zero-order valence-electron chi connectivity index (χ0n) is 13.7. The third-order valence-corrected chi connectivity index (χ3v) is 4.50. The number of fused-ring (bicyclic) bond motifs is 1. The second-order valence-corrected chi connectivity index (χ2v) is 6.70. The monoisotopic (exact) mass is 406 g/mol. The van der Waals surface area contributed by atoms with Crippen LogP contribution in [0.1, 0.15) is 5.56 Å². The Morgan fingerprint density at radius 1 is 0.923 bits per heavy atom. The first-order valence-corrected chi connectivity index (χ1v) is 8.86. The zero-order chi connectivity index (χ0) is 17.9. The molecule has 0 radical (unpaired) electrons. The number of benzene rings is 3. The van der Waals surface area contributed by atoms with Crippen molar-refractivity contribution in [1.82, 2.24) is 5.48 Å². The van der Waals surface area contributed by atoms with E-state index in [0.717, 1.165) is 38.0 Å². The summed E-state index contributed by atoms with van der Waals surface area (Å²) < 4.78 is 6.85. The minimum atomic E-state index is 0.368. The highest BCUT2D eigenvalue weighted by atomic mass is 79.9. The molecule has 0 aliphatic carbocycles. The summed E-state index contributed by atoms with van der Waals surface area (Å²) in [5, 5.41) is 10.5. The van der Waals surface area contributed by atoms with Gasteiger partial charge in [0.2, 0.25) is 0 Å². The van der Waals surface area contributed by atoms with Gasteiger partial charge in [0.1, 0.15) is 11.3 Å². The topological polar surface area (TPSA) is 57.8 Å². The first-order valence-electron chi connectivity index (χ1n) is 8.07. The quantitative estimate of drug-likeness (QED) is 0.252. The Kier molecular flexibility index (Phi) is 4.56. The van der Waals surface area contributed by atoms with Crippen LogP contribution in [-0.2, 0) is 0 Å². The molecule has 26 heavy (non-hydrogen) atoms. The second kappa shape index (κ2) is 7.15. The number of aliphatic imine (C=N–C) groups is 1. The maximum absolute atomic E-state index is 9.55. The lowest BCUT2D eigenvalue weighted by Gasteiger charge is -2.05. The number of furan rings is 1. The number of halogens is 1. The summed E-state index contributed by atoms with van der Waals surface area (Å²) >= 11 is 3.42. The van der Waals surface area contributed by atoms with Crippen molar-refractivity contribution in [3.05, 3.63) is 88.9 Å². The fourth-order valence-corrected chi connectivity index (χ4v) is 3.15. The SMILES string of the molecule is ONC(=Nc1cccc(Br)c1)c1ccc2oc(-c3ccccc3)cc2c1. The van der Waals surface area contributed by atoms with Crippen LogP contribution in [0.2, 0.25) is 0 Å². The van der Waals surface area contributed by atoms with Gasteiger partial charge in [-0.2, -0.15) is 0 Å². The van der Waals surface area contributed by atoms with Gasteiger partial charge in [0, 0.05) is 21.0 Å². The van der Waals surface area contributed by atoms with Crippen LogP contribution >= 0.6 is 15.9 Å². The van der Waals surface area contributed by atoms with Crippen molar-refractivity contribution in [2.45, 2.75) is 0 Å². The first kappa shape index (κ1) is 16.6. The maximum atomic E-state index is 9.55. The van der Waals surface area contributed by atoms with Crippen molar-refractivity contribution >= 4 is 38.4 Å². The summed E-state index contributed by atoms with van der Waals surface area (Å²) in [4.78, 5) is 4.47. The Morgan fingerprint density at radius 2 is 1.77 bits per heavy atom. The van der Waals surface area contributed by atoms with Gasteiger partial charge >= 0.3 is 0 Å². The van der Waals surface area contributed by atoms with E-state index in [1.54, 1.807) is 0 Å². The molecule has 0 spiro atoms. The molecule has 0 atom stereocenters. The Labute approximate surface area is 158 Å². The lowest BCUT2D eigenvalue weighted by molar-refractivity contribution is 0.235. The van der Waals surface area contributed by atoms with Crippen LogP contribution in [0.4, 0.5) is 5.69 Å². The molecule has 0 saturated carbocycles. The summed E-state index contributed by atoms with van der Waals surface area (Å²) in [6.45, 7) is 0. The summed E-state index contributed by atoms with van der Waals surface area (Å²) in [5.74, 6) is 1.17. The van der Waals surface area contributed by atoms with Gasteiger partial charge in [-0.25, -0.2) is 4.99 Å². The van der Waals surface area contributed by atoms with Gasteiger partial charge in [0.15, 0.2) is 5.84 Å². The Morgan fingerprint density at radius 3 is 2.54 bits per heavy atom. The lowest BCUT2D eigenvalue weighted by atomic mass is 10.1. The first-order chi connectivity index (χ1) is 12.7. The molecule has 0 unspecified atom stereocenters. The summed E-state index contributed by atoms with van der Waals surface area (Å²) in [6, 6.07) is 25.2. The second-order valence-electron chi connectivity index (χ2n) is 5.78. The fraction of sp³-hybridized carbons (Fsp3) is 0. The normalized spacial score (nSPS) is 11.7. The number of hydroxylamine groups is 1. The fourth-order valence-electron chi connectivity index (χ4n) is 2.76. The van der Waals surface area contributed by atoms with Crippen LogP contribution in [0.15, 0.2) is 92.7 Å². The molecule has 5 heteroatoms. The third kappa shape index (κ3) is 3.40. The van der Waals surface area contributed by atoms with Gasteiger partial charge in [-0.05, 0) is 42.5 Å². The maximum Gasteiger partial charge on any atom is 0.157 e. The molecule has 3 aromatic carbocycles. The summed E-state index contributed by atoms with van der Waals surface area (Å²) in [5.41, 5.74) is 5.49. The average molecular weight is 407 g/mol. The van der Waals surface area contributed by atoms with Crippen molar-refractivity contribution < 1.29 is 9.62 Å².